The fourth-order valence-electron chi connectivity index (χ4n) is 2.75. The minimum absolute atomic E-state index is 0. The molecule has 0 bridgehead atoms. The number of rotatable bonds is 4. The Balaban J connectivity index is 0.00000242. The first-order valence-electron chi connectivity index (χ1n) is 7.21. The summed E-state index contributed by atoms with van der Waals surface area (Å²) < 4.78 is 22.8. The summed E-state index contributed by atoms with van der Waals surface area (Å²) in [5.41, 5.74) is 6.13. The number of hydrogen-bond donors (Lipinski definition) is 1. The molecule has 0 radical (unpaired) electrons. The number of amides is 1. The summed E-state index contributed by atoms with van der Waals surface area (Å²) in [5, 5.41) is 0. The van der Waals surface area contributed by atoms with E-state index >= 15 is 0 Å². The lowest BCUT2D eigenvalue weighted by Crippen LogP contribution is -2.40. The SMILES string of the molecule is CS(=O)(=O)c1ccc(C(=O)N2CCCC(CCN)C2)cc1.Cl. The third-order valence-electron chi connectivity index (χ3n) is 3.91. The van der Waals surface area contributed by atoms with Crippen LogP contribution < -0.4 is 5.73 Å². The maximum absolute atomic E-state index is 12.5. The number of halogens is 1. The maximum atomic E-state index is 12.5. The third-order valence-corrected chi connectivity index (χ3v) is 5.04. The first-order chi connectivity index (χ1) is 9.91. The highest BCUT2D eigenvalue weighted by atomic mass is 35.5. The third kappa shape index (κ3) is 4.69. The zero-order valence-corrected chi connectivity index (χ0v) is 14.3. The van der Waals surface area contributed by atoms with Gasteiger partial charge in [-0.1, -0.05) is 0 Å². The van der Waals surface area contributed by atoms with Crippen LogP contribution in [0, 0.1) is 5.92 Å². The first-order valence-corrected chi connectivity index (χ1v) is 9.10. The van der Waals surface area contributed by atoms with Crippen LogP contribution in [0.1, 0.15) is 29.6 Å². The van der Waals surface area contributed by atoms with E-state index in [1.807, 2.05) is 4.90 Å². The molecule has 1 saturated heterocycles. The molecule has 1 amide bonds. The van der Waals surface area contributed by atoms with Gasteiger partial charge in [0.15, 0.2) is 9.84 Å². The molecular formula is C15H23ClN2O3S. The topological polar surface area (TPSA) is 80.5 Å². The van der Waals surface area contributed by atoms with Crippen molar-refractivity contribution in [1.29, 1.82) is 0 Å². The number of nitrogens with two attached hydrogens (primary N) is 1. The predicted molar refractivity (Wildman–Crippen MR) is 89.1 cm³/mol. The lowest BCUT2D eigenvalue weighted by Gasteiger charge is -2.32. The Morgan fingerprint density at radius 3 is 2.50 bits per heavy atom. The van der Waals surface area contributed by atoms with E-state index < -0.39 is 9.84 Å². The van der Waals surface area contributed by atoms with Crippen molar-refractivity contribution >= 4 is 28.2 Å². The van der Waals surface area contributed by atoms with Gasteiger partial charge in [-0.2, -0.15) is 0 Å². The average Bonchev–Trinajstić information content (AvgIpc) is 2.46. The van der Waals surface area contributed by atoms with E-state index in [1.54, 1.807) is 12.1 Å². The molecule has 7 heteroatoms. The molecule has 5 nitrogen and oxygen atoms in total. The van der Waals surface area contributed by atoms with Gasteiger partial charge >= 0.3 is 0 Å². The molecule has 1 aliphatic rings. The Morgan fingerprint density at radius 1 is 1.32 bits per heavy atom. The normalized spacial score (nSPS) is 18.6. The highest BCUT2D eigenvalue weighted by Crippen LogP contribution is 2.21. The Hall–Kier alpha value is -1.11. The largest absolute Gasteiger partial charge is 0.338 e. The molecule has 0 aromatic heterocycles. The van der Waals surface area contributed by atoms with Crippen molar-refractivity contribution in [3.05, 3.63) is 29.8 Å². The van der Waals surface area contributed by atoms with Gasteiger partial charge in [0, 0.05) is 24.9 Å². The monoisotopic (exact) mass is 346 g/mol. The number of benzene rings is 1. The Morgan fingerprint density at radius 2 is 1.95 bits per heavy atom. The summed E-state index contributed by atoms with van der Waals surface area (Å²) in [6, 6.07) is 6.16. The van der Waals surface area contributed by atoms with E-state index in [-0.39, 0.29) is 23.2 Å². The molecule has 0 spiro atoms. The van der Waals surface area contributed by atoms with Crippen LogP contribution >= 0.6 is 12.4 Å². The fraction of sp³-hybridized carbons (Fsp3) is 0.533. The van der Waals surface area contributed by atoms with Crippen LogP contribution in [-0.2, 0) is 9.84 Å². The molecule has 1 aromatic rings. The summed E-state index contributed by atoms with van der Waals surface area (Å²) in [6.45, 7) is 2.15. The number of carbonyl (C=O) groups excluding carboxylic acids is 1. The average molecular weight is 347 g/mol. The van der Waals surface area contributed by atoms with Crippen LogP contribution in [0.3, 0.4) is 0 Å². The van der Waals surface area contributed by atoms with Crippen molar-refractivity contribution in [3.63, 3.8) is 0 Å². The second-order valence-corrected chi connectivity index (χ2v) is 7.65. The van der Waals surface area contributed by atoms with E-state index in [1.165, 1.54) is 12.1 Å². The van der Waals surface area contributed by atoms with Gasteiger partial charge in [-0.3, -0.25) is 4.79 Å². The highest BCUT2D eigenvalue weighted by molar-refractivity contribution is 7.90. The molecule has 0 aliphatic carbocycles. The Bertz CT molecular complexity index is 600. The summed E-state index contributed by atoms with van der Waals surface area (Å²) >= 11 is 0. The van der Waals surface area contributed by atoms with Gasteiger partial charge in [0.25, 0.3) is 5.91 Å². The molecule has 1 atom stereocenters. The van der Waals surface area contributed by atoms with Crippen LogP contribution in [0.25, 0.3) is 0 Å². The quantitative estimate of drug-likeness (QED) is 0.900. The number of likely N-dealkylation sites (tertiary alicyclic amines) is 1. The lowest BCUT2D eigenvalue weighted by molar-refractivity contribution is 0.0669. The van der Waals surface area contributed by atoms with Gasteiger partial charge in [0.2, 0.25) is 0 Å². The second kappa shape index (κ2) is 7.94. The minimum Gasteiger partial charge on any atom is -0.338 e. The van der Waals surface area contributed by atoms with E-state index in [9.17, 15) is 13.2 Å². The highest BCUT2D eigenvalue weighted by Gasteiger charge is 2.24. The van der Waals surface area contributed by atoms with Crippen molar-refractivity contribution in [2.75, 3.05) is 25.9 Å². The molecule has 1 heterocycles. The van der Waals surface area contributed by atoms with Crippen molar-refractivity contribution in [2.24, 2.45) is 11.7 Å². The number of piperidine rings is 1. The van der Waals surface area contributed by atoms with Gasteiger partial charge in [-0.25, -0.2) is 8.42 Å². The summed E-state index contributed by atoms with van der Waals surface area (Å²) in [4.78, 5) is 14.5. The number of sulfone groups is 1. The molecule has 1 aromatic carbocycles. The molecule has 0 saturated carbocycles. The minimum atomic E-state index is -3.23. The molecule has 2 rings (SSSR count). The zero-order chi connectivity index (χ0) is 15.5. The van der Waals surface area contributed by atoms with Crippen LogP contribution in [0.15, 0.2) is 29.2 Å². The van der Waals surface area contributed by atoms with Crippen molar-refractivity contribution in [1.82, 2.24) is 4.90 Å². The van der Waals surface area contributed by atoms with Gasteiger partial charge in [0.1, 0.15) is 0 Å². The maximum Gasteiger partial charge on any atom is 0.253 e. The van der Waals surface area contributed by atoms with Gasteiger partial charge in [0.05, 0.1) is 4.90 Å². The molecule has 2 N–H and O–H groups in total. The Labute approximate surface area is 138 Å². The van der Waals surface area contributed by atoms with E-state index in [2.05, 4.69) is 0 Å². The molecule has 1 fully saturated rings. The van der Waals surface area contributed by atoms with E-state index in [0.29, 0.717) is 18.0 Å². The van der Waals surface area contributed by atoms with E-state index in [4.69, 9.17) is 5.73 Å². The second-order valence-electron chi connectivity index (χ2n) is 5.63. The molecular weight excluding hydrogens is 324 g/mol. The van der Waals surface area contributed by atoms with Gasteiger partial charge in [-0.05, 0) is 56.0 Å². The van der Waals surface area contributed by atoms with Crippen molar-refractivity contribution in [2.45, 2.75) is 24.2 Å². The molecule has 22 heavy (non-hydrogen) atoms. The first kappa shape index (κ1) is 18.9. The summed E-state index contributed by atoms with van der Waals surface area (Å²) in [5.74, 6) is 0.444. The molecule has 1 unspecified atom stereocenters. The summed E-state index contributed by atoms with van der Waals surface area (Å²) in [7, 11) is -3.23. The van der Waals surface area contributed by atoms with Crippen molar-refractivity contribution < 1.29 is 13.2 Å². The molecule has 124 valence electrons. The number of nitrogens with zero attached hydrogens (tertiary/aromatic N) is 1. The standard InChI is InChI=1S/C15H22N2O3S.ClH/c1-21(19,20)14-6-4-13(5-7-14)15(18)17-10-2-3-12(11-17)8-9-16;/h4-7,12H,2-3,8-11,16H2,1H3;1H. The van der Waals surface area contributed by atoms with Crippen LogP contribution in [0.2, 0.25) is 0 Å². The number of carbonyl (C=O) groups is 1. The van der Waals surface area contributed by atoms with Gasteiger partial charge < -0.3 is 10.6 Å². The van der Waals surface area contributed by atoms with Crippen LogP contribution in [0.5, 0.6) is 0 Å². The van der Waals surface area contributed by atoms with E-state index in [0.717, 1.165) is 38.6 Å². The predicted octanol–water partition coefficient (Wildman–Crippen LogP) is 1.71. The molecule has 1 aliphatic heterocycles. The van der Waals surface area contributed by atoms with Crippen LogP contribution in [0.4, 0.5) is 0 Å². The van der Waals surface area contributed by atoms with Gasteiger partial charge in [-0.15, -0.1) is 12.4 Å². The lowest BCUT2D eigenvalue weighted by atomic mass is 9.94. The fourth-order valence-corrected chi connectivity index (χ4v) is 3.38. The smallest absolute Gasteiger partial charge is 0.253 e. The Kier molecular flexibility index (Phi) is 6.84. The van der Waals surface area contributed by atoms with Crippen LogP contribution in [-0.4, -0.2) is 45.1 Å². The van der Waals surface area contributed by atoms with Crippen molar-refractivity contribution in [3.8, 4) is 0 Å². The number of hydrogen-bond acceptors (Lipinski definition) is 4. The summed E-state index contributed by atoms with van der Waals surface area (Å²) in [6.07, 6.45) is 4.22. The zero-order valence-electron chi connectivity index (χ0n) is 12.7.